The fourth-order valence-corrected chi connectivity index (χ4v) is 6.76. The van der Waals surface area contributed by atoms with Crippen molar-refractivity contribution in [2.24, 2.45) is 0 Å². The van der Waals surface area contributed by atoms with Gasteiger partial charge in [-0.3, -0.25) is 0 Å². The van der Waals surface area contributed by atoms with E-state index >= 15 is 0 Å². The molecule has 0 saturated heterocycles. The summed E-state index contributed by atoms with van der Waals surface area (Å²) in [6, 6.07) is 41.7. The SMILES string of the molecule is CCCCCCCCCCCCCOCC(O)COc1ccc(-c2nc(-c3ccc(-c4ccccc4)cc3)nc(-c3ccc(-c4ccccc4)cc3)n2)c(O)c1. The van der Waals surface area contributed by atoms with Crippen molar-refractivity contribution in [3.05, 3.63) is 127 Å². The standard InChI is InChI=1S/C49H55N3O4/c1-2-3-4-5-6-7-8-9-10-11-18-33-55-35-43(53)36-56-44-31-32-45(46(54)34-44)49-51-47(41-27-23-39(24-28-41)37-19-14-12-15-20-37)50-48(52-49)42-29-25-40(26-30-42)38-21-16-13-17-22-38/h12-17,19-32,34,43,53-54H,2-11,18,33,35-36H2,1H3. The zero-order chi connectivity index (χ0) is 38.8. The molecule has 1 heterocycles. The summed E-state index contributed by atoms with van der Waals surface area (Å²) in [4.78, 5) is 14.6. The summed E-state index contributed by atoms with van der Waals surface area (Å²) in [6.07, 6.45) is 13.4. The maximum atomic E-state index is 11.2. The van der Waals surface area contributed by atoms with Crippen LogP contribution in [0.3, 0.4) is 0 Å². The van der Waals surface area contributed by atoms with Gasteiger partial charge in [-0.05, 0) is 40.8 Å². The van der Waals surface area contributed by atoms with Crippen molar-refractivity contribution in [2.75, 3.05) is 19.8 Å². The molecular weight excluding hydrogens is 695 g/mol. The molecule has 1 aromatic heterocycles. The van der Waals surface area contributed by atoms with Crippen LogP contribution >= 0.6 is 0 Å². The van der Waals surface area contributed by atoms with Crippen molar-refractivity contribution in [1.82, 2.24) is 15.0 Å². The van der Waals surface area contributed by atoms with Crippen molar-refractivity contribution in [3.8, 4) is 67.9 Å². The van der Waals surface area contributed by atoms with E-state index in [-0.39, 0.29) is 19.0 Å². The Labute approximate surface area is 332 Å². The average Bonchev–Trinajstić information content (AvgIpc) is 3.25. The van der Waals surface area contributed by atoms with Gasteiger partial charge in [0.25, 0.3) is 0 Å². The van der Waals surface area contributed by atoms with Gasteiger partial charge in [-0.1, -0.05) is 180 Å². The van der Waals surface area contributed by atoms with E-state index < -0.39 is 6.10 Å². The maximum absolute atomic E-state index is 11.2. The molecule has 0 aliphatic heterocycles. The van der Waals surface area contributed by atoms with Crippen molar-refractivity contribution >= 4 is 0 Å². The van der Waals surface area contributed by atoms with E-state index in [0.717, 1.165) is 46.2 Å². The Morgan fingerprint density at radius 3 is 1.43 bits per heavy atom. The summed E-state index contributed by atoms with van der Waals surface area (Å²) in [6.45, 7) is 3.15. The minimum Gasteiger partial charge on any atom is -0.507 e. The molecule has 0 spiro atoms. The zero-order valence-electron chi connectivity index (χ0n) is 32.7. The molecule has 0 fully saturated rings. The molecule has 7 nitrogen and oxygen atoms in total. The molecule has 5 aromatic carbocycles. The first kappa shape index (κ1) is 40.3. The molecule has 0 aliphatic rings. The molecule has 1 atom stereocenters. The number of aliphatic hydroxyl groups excluding tert-OH is 1. The third kappa shape index (κ3) is 12.1. The van der Waals surface area contributed by atoms with Gasteiger partial charge in [-0.2, -0.15) is 0 Å². The van der Waals surface area contributed by atoms with Gasteiger partial charge in [0, 0.05) is 23.8 Å². The summed E-state index contributed by atoms with van der Waals surface area (Å²) in [5.74, 6) is 1.72. The van der Waals surface area contributed by atoms with Gasteiger partial charge < -0.3 is 19.7 Å². The van der Waals surface area contributed by atoms with Crippen LogP contribution in [0.4, 0.5) is 0 Å². The molecule has 1 unspecified atom stereocenters. The van der Waals surface area contributed by atoms with E-state index in [1.54, 1.807) is 12.1 Å². The predicted molar refractivity (Wildman–Crippen MR) is 227 cm³/mol. The minimum absolute atomic E-state index is 0.0355. The number of aromatic hydroxyl groups is 1. The maximum Gasteiger partial charge on any atom is 0.167 e. The lowest BCUT2D eigenvalue weighted by molar-refractivity contribution is 0.0109. The summed E-state index contributed by atoms with van der Waals surface area (Å²) < 4.78 is 11.6. The van der Waals surface area contributed by atoms with Gasteiger partial charge >= 0.3 is 0 Å². The molecule has 7 heteroatoms. The molecule has 0 amide bonds. The second kappa shape index (κ2) is 21.6. The highest BCUT2D eigenvalue weighted by Crippen LogP contribution is 2.34. The molecule has 0 bridgehead atoms. The van der Waals surface area contributed by atoms with E-state index in [2.05, 4.69) is 55.5 Å². The molecule has 290 valence electrons. The van der Waals surface area contributed by atoms with Crippen LogP contribution in [-0.4, -0.2) is 51.1 Å². The van der Waals surface area contributed by atoms with Gasteiger partial charge in [-0.25, -0.2) is 15.0 Å². The minimum atomic E-state index is -0.778. The van der Waals surface area contributed by atoms with E-state index in [1.807, 2.05) is 60.7 Å². The van der Waals surface area contributed by atoms with Crippen LogP contribution in [0.2, 0.25) is 0 Å². The molecule has 56 heavy (non-hydrogen) atoms. The Bertz CT molecular complexity index is 1940. The van der Waals surface area contributed by atoms with Crippen LogP contribution in [-0.2, 0) is 4.74 Å². The fourth-order valence-electron chi connectivity index (χ4n) is 6.76. The molecule has 0 saturated carbocycles. The number of unbranched alkanes of at least 4 members (excludes halogenated alkanes) is 10. The Kier molecular flexibility index (Phi) is 15.6. The van der Waals surface area contributed by atoms with E-state index in [0.29, 0.717) is 35.4 Å². The first-order chi connectivity index (χ1) is 27.6. The monoisotopic (exact) mass is 749 g/mol. The molecule has 0 aliphatic carbocycles. The first-order valence-electron chi connectivity index (χ1n) is 20.4. The van der Waals surface area contributed by atoms with Gasteiger partial charge in [0.05, 0.1) is 12.2 Å². The van der Waals surface area contributed by atoms with Crippen LogP contribution in [0.25, 0.3) is 56.4 Å². The number of hydrogen-bond donors (Lipinski definition) is 2. The Balaban J connectivity index is 1.07. The highest BCUT2D eigenvalue weighted by molar-refractivity contribution is 5.73. The van der Waals surface area contributed by atoms with Crippen molar-refractivity contribution in [1.29, 1.82) is 0 Å². The number of nitrogens with zero attached hydrogens (tertiary/aromatic N) is 3. The lowest BCUT2D eigenvalue weighted by Crippen LogP contribution is -2.23. The van der Waals surface area contributed by atoms with Crippen LogP contribution in [0.5, 0.6) is 11.5 Å². The second-order valence-corrected chi connectivity index (χ2v) is 14.4. The Morgan fingerprint density at radius 1 is 0.482 bits per heavy atom. The van der Waals surface area contributed by atoms with Gasteiger partial charge in [0.1, 0.15) is 24.2 Å². The number of ether oxygens (including phenoxy) is 2. The highest BCUT2D eigenvalue weighted by atomic mass is 16.5. The number of aliphatic hydroxyl groups is 1. The number of phenols is 1. The van der Waals surface area contributed by atoms with Gasteiger partial charge in [0.2, 0.25) is 0 Å². The summed E-state index contributed by atoms with van der Waals surface area (Å²) >= 11 is 0. The van der Waals surface area contributed by atoms with Crippen molar-refractivity contribution in [3.63, 3.8) is 0 Å². The van der Waals surface area contributed by atoms with Crippen molar-refractivity contribution < 1.29 is 19.7 Å². The molecule has 0 radical (unpaired) electrons. The highest BCUT2D eigenvalue weighted by Gasteiger charge is 2.16. The van der Waals surface area contributed by atoms with E-state index in [9.17, 15) is 10.2 Å². The molecule has 6 aromatic rings. The van der Waals surface area contributed by atoms with Crippen LogP contribution in [0.1, 0.15) is 77.6 Å². The Hall–Kier alpha value is -5.37. The topological polar surface area (TPSA) is 97.6 Å². The molecule has 2 N–H and O–H groups in total. The van der Waals surface area contributed by atoms with Crippen molar-refractivity contribution in [2.45, 2.75) is 83.7 Å². The number of aromatic nitrogens is 3. The average molecular weight is 750 g/mol. The van der Waals surface area contributed by atoms with Gasteiger partial charge in [0.15, 0.2) is 17.5 Å². The van der Waals surface area contributed by atoms with Crippen LogP contribution < -0.4 is 4.74 Å². The third-order valence-electron chi connectivity index (χ3n) is 9.99. The number of hydrogen-bond acceptors (Lipinski definition) is 7. The van der Waals surface area contributed by atoms with Crippen LogP contribution in [0.15, 0.2) is 127 Å². The Morgan fingerprint density at radius 2 is 0.929 bits per heavy atom. The quantitative estimate of drug-likeness (QED) is 0.0667. The fraction of sp³-hybridized carbons (Fsp3) is 0.327. The smallest absolute Gasteiger partial charge is 0.167 e. The summed E-state index contributed by atoms with van der Waals surface area (Å²) in [5, 5.41) is 21.7. The van der Waals surface area contributed by atoms with Gasteiger partial charge in [-0.15, -0.1) is 0 Å². The summed E-state index contributed by atoms with van der Waals surface area (Å²) in [5.41, 5.74) is 6.54. The first-order valence-corrected chi connectivity index (χ1v) is 20.4. The molecule has 6 rings (SSSR count). The number of benzene rings is 5. The lowest BCUT2D eigenvalue weighted by Gasteiger charge is -2.14. The normalized spacial score (nSPS) is 11.8. The number of rotatable bonds is 22. The third-order valence-corrected chi connectivity index (χ3v) is 9.99. The largest absolute Gasteiger partial charge is 0.507 e. The second-order valence-electron chi connectivity index (χ2n) is 14.4. The molecular formula is C49H55N3O4. The van der Waals surface area contributed by atoms with E-state index in [1.165, 1.54) is 63.9 Å². The van der Waals surface area contributed by atoms with Crippen LogP contribution in [0, 0.1) is 0 Å². The summed E-state index contributed by atoms with van der Waals surface area (Å²) in [7, 11) is 0. The zero-order valence-corrected chi connectivity index (χ0v) is 32.7. The lowest BCUT2D eigenvalue weighted by atomic mass is 10.0. The van der Waals surface area contributed by atoms with E-state index in [4.69, 9.17) is 24.4 Å². The predicted octanol–water partition coefficient (Wildman–Crippen LogP) is 12.0. The number of phenolic OH excluding ortho intramolecular Hbond substituents is 1.